The molecule has 0 aliphatic carbocycles. The van der Waals surface area contributed by atoms with Gasteiger partial charge in [0.05, 0.1) is 0 Å². The molecule has 0 aliphatic rings. The van der Waals surface area contributed by atoms with Crippen molar-refractivity contribution >= 4 is 50.9 Å². The summed E-state index contributed by atoms with van der Waals surface area (Å²) in [5.74, 6) is 0.964. The second-order valence-corrected chi connectivity index (χ2v) is 3.73. The van der Waals surface area contributed by atoms with Gasteiger partial charge in [-0.15, -0.1) is 34.0 Å². The average Bonchev–Trinajstić information content (AvgIpc) is 2.04. The summed E-state index contributed by atoms with van der Waals surface area (Å²) in [6.07, 6.45) is 1.12. The molecule has 0 heterocycles. The van der Waals surface area contributed by atoms with E-state index in [1.807, 2.05) is 0 Å². The van der Waals surface area contributed by atoms with Gasteiger partial charge in [0.2, 0.25) is 0 Å². The molecular formula is C8H21Br2N3S. The van der Waals surface area contributed by atoms with Crippen LogP contribution in [0, 0.1) is 5.41 Å². The van der Waals surface area contributed by atoms with E-state index >= 15 is 0 Å². The highest BCUT2D eigenvalue weighted by Crippen LogP contribution is 2.01. The van der Waals surface area contributed by atoms with Crippen LogP contribution < -0.4 is 5.73 Å². The van der Waals surface area contributed by atoms with Gasteiger partial charge in [-0.1, -0.05) is 25.6 Å². The first-order valence-corrected chi connectivity index (χ1v) is 5.38. The molecule has 0 aromatic heterocycles. The molecule has 0 fully saturated rings. The number of amidine groups is 1. The van der Waals surface area contributed by atoms with Crippen molar-refractivity contribution in [3.8, 4) is 0 Å². The zero-order valence-electron chi connectivity index (χ0n) is 8.78. The molecule has 0 saturated heterocycles. The van der Waals surface area contributed by atoms with Gasteiger partial charge in [-0.3, -0.25) is 5.41 Å². The summed E-state index contributed by atoms with van der Waals surface area (Å²) in [5.41, 5.74) is 5.21. The van der Waals surface area contributed by atoms with Crippen LogP contribution in [-0.4, -0.2) is 35.5 Å². The Labute approximate surface area is 112 Å². The summed E-state index contributed by atoms with van der Waals surface area (Å²) in [6.45, 7) is 7.68. The standard InChI is InChI=1S/C8H19N3S.2BrH/c1-3-11(4-2)6-5-7-12-8(9)10;;/h3-7H2,1-2H3,(H3,9,10);2*1H. The maximum Gasteiger partial charge on any atom is 0.151 e. The van der Waals surface area contributed by atoms with Gasteiger partial charge in [0.1, 0.15) is 0 Å². The minimum Gasteiger partial charge on any atom is -0.379 e. The van der Waals surface area contributed by atoms with E-state index in [-0.39, 0.29) is 39.1 Å². The van der Waals surface area contributed by atoms with E-state index in [4.69, 9.17) is 11.1 Å². The third-order valence-corrected chi connectivity index (χ3v) is 2.57. The van der Waals surface area contributed by atoms with Crippen LogP contribution in [0.1, 0.15) is 20.3 Å². The predicted octanol–water partition coefficient (Wildman–Crippen LogP) is 2.50. The Balaban J connectivity index is -0.000000605. The van der Waals surface area contributed by atoms with E-state index in [0.717, 1.165) is 31.8 Å². The van der Waals surface area contributed by atoms with Gasteiger partial charge in [0.15, 0.2) is 5.17 Å². The molecule has 3 N–H and O–H groups in total. The van der Waals surface area contributed by atoms with E-state index in [1.165, 1.54) is 11.8 Å². The van der Waals surface area contributed by atoms with Crippen molar-refractivity contribution in [3.63, 3.8) is 0 Å². The molecule has 3 nitrogen and oxygen atoms in total. The Morgan fingerprint density at radius 2 is 1.79 bits per heavy atom. The molecule has 0 spiro atoms. The molecule has 14 heavy (non-hydrogen) atoms. The largest absolute Gasteiger partial charge is 0.379 e. The van der Waals surface area contributed by atoms with Crippen LogP contribution in [0.4, 0.5) is 0 Å². The number of nitrogens with two attached hydrogens (primary N) is 1. The number of halogens is 2. The Kier molecular flexibility index (Phi) is 19.8. The highest BCUT2D eigenvalue weighted by Gasteiger charge is 1.98. The quantitative estimate of drug-likeness (QED) is 0.439. The first kappa shape index (κ1) is 20.2. The van der Waals surface area contributed by atoms with E-state index < -0.39 is 0 Å². The average molecular weight is 351 g/mol. The fraction of sp³-hybridized carbons (Fsp3) is 0.875. The first-order valence-electron chi connectivity index (χ1n) is 4.39. The topological polar surface area (TPSA) is 53.1 Å². The molecule has 88 valence electrons. The van der Waals surface area contributed by atoms with E-state index in [9.17, 15) is 0 Å². The zero-order chi connectivity index (χ0) is 9.40. The fourth-order valence-corrected chi connectivity index (χ4v) is 1.50. The summed E-state index contributed by atoms with van der Waals surface area (Å²) in [7, 11) is 0. The molecule has 0 aromatic rings. The number of hydrogen-bond acceptors (Lipinski definition) is 3. The number of hydrogen-bond donors (Lipinski definition) is 2. The molecule has 0 atom stereocenters. The van der Waals surface area contributed by atoms with Gasteiger partial charge in [-0.05, 0) is 26.1 Å². The lowest BCUT2D eigenvalue weighted by Crippen LogP contribution is -2.24. The Morgan fingerprint density at radius 1 is 1.29 bits per heavy atom. The second-order valence-electron chi connectivity index (χ2n) is 2.59. The Hall–Kier alpha value is 0.740. The third kappa shape index (κ3) is 12.7. The van der Waals surface area contributed by atoms with Crippen LogP contribution in [0.2, 0.25) is 0 Å². The Morgan fingerprint density at radius 3 is 2.14 bits per heavy atom. The van der Waals surface area contributed by atoms with E-state index in [1.54, 1.807) is 0 Å². The number of nitrogens with zero attached hydrogens (tertiary/aromatic N) is 1. The fourth-order valence-electron chi connectivity index (χ4n) is 1.01. The first-order chi connectivity index (χ1) is 5.70. The van der Waals surface area contributed by atoms with Crippen molar-refractivity contribution in [1.29, 1.82) is 5.41 Å². The van der Waals surface area contributed by atoms with Crippen molar-refractivity contribution in [1.82, 2.24) is 4.90 Å². The molecule has 0 amide bonds. The lowest BCUT2D eigenvalue weighted by Gasteiger charge is -2.17. The van der Waals surface area contributed by atoms with Crippen molar-refractivity contribution < 1.29 is 0 Å². The third-order valence-electron chi connectivity index (χ3n) is 1.77. The Bertz CT molecular complexity index is 132. The summed E-state index contributed by atoms with van der Waals surface area (Å²) in [4.78, 5) is 2.38. The summed E-state index contributed by atoms with van der Waals surface area (Å²) < 4.78 is 0. The van der Waals surface area contributed by atoms with Gasteiger partial charge in [0.25, 0.3) is 0 Å². The summed E-state index contributed by atoms with van der Waals surface area (Å²) in [6, 6.07) is 0. The molecule has 0 rings (SSSR count). The highest BCUT2D eigenvalue weighted by molar-refractivity contribution is 8.93. The minimum absolute atomic E-state index is 0. The molecular weight excluding hydrogens is 330 g/mol. The lowest BCUT2D eigenvalue weighted by atomic mass is 10.4. The van der Waals surface area contributed by atoms with Crippen LogP contribution in [-0.2, 0) is 0 Å². The predicted molar refractivity (Wildman–Crippen MR) is 77.4 cm³/mol. The molecule has 6 heteroatoms. The van der Waals surface area contributed by atoms with Crippen molar-refractivity contribution in [2.45, 2.75) is 20.3 Å². The van der Waals surface area contributed by atoms with Crippen molar-refractivity contribution in [3.05, 3.63) is 0 Å². The van der Waals surface area contributed by atoms with Gasteiger partial charge in [-0.2, -0.15) is 0 Å². The maximum atomic E-state index is 7.00. The lowest BCUT2D eigenvalue weighted by molar-refractivity contribution is 0.305. The van der Waals surface area contributed by atoms with E-state index in [0.29, 0.717) is 0 Å². The molecule has 0 bridgehead atoms. The zero-order valence-corrected chi connectivity index (χ0v) is 13.0. The summed E-state index contributed by atoms with van der Waals surface area (Å²) in [5, 5.41) is 7.23. The molecule has 0 saturated carbocycles. The number of rotatable bonds is 6. The summed E-state index contributed by atoms with van der Waals surface area (Å²) >= 11 is 1.43. The van der Waals surface area contributed by atoms with Crippen LogP contribution in [0.5, 0.6) is 0 Å². The number of nitrogens with one attached hydrogen (secondary N) is 1. The molecule has 0 unspecified atom stereocenters. The van der Waals surface area contributed by atoms with Crippen molar-refractivity contribution in [2.24, 2.45) is 5.73 Å². The molecule has 0 aliphatic heterocycles. The maximum absolute atomic E-state index is 7.00. The second kappa shape index (κ2) is 13.7. The molecule has 0 radical (unpaired) electrons. The monoisotopic (exact) mass is 349 g/mol. The van der Waals surface area contributed by atoms with E-state index in [2.05, 4.69) is 18.7 Å². The highest BCUT2D eigenvalue weighted by atomic mass is 79.9. The molecule has 0 aromatic carbocycles. The van der Waals surface area contributed by atoms with Crippen LogP contribution in [0.3, 0.4) is 0 Å². The smallest absolute Gasteiger partial charge is 0.151 e. The van der Waals surface area contributed by atoms with Crippen LogP contribution >= 0.6 is 45.7 Å². The SMILES string of the molecule is Br.Br.CCN(CC)CCCSC(=N)N. The van der Waals surface area contributed by atoms with Crippen LogP contribution in [0.15, 0.2) is 0 Å². The van der Waals surface area contributed by atoms with Gasteiger partial charge in [0, 0.05) is 5.75 Å². The van der Waals surface area contributed by atoms with Gasteiger partial charge in [-0.25, -0.2) is 0 Å². The van der Waals surface area contributed by atoms with Crippen molar-refractivity contribution in [2.75, 3.05) is 25.4 Å². The minimum atomic E-state index is 0. The normalized spacial score (nSPS) is 9.07. The number of thioether (sulfide) groups is 1. The van der Waals surface area contributed by atoms with Crippen LogP contribution in [0.25, 0.3) is 0 Å². The van der Waals surface area contributed by atoms with Gasteiger partial charge < -0.3 is 10.6 Å². The van der Waals surface area contributed by atoms with Gasteiger partial charge >= 0.3 is 0 Å².